The van der Waals surface area contributed by atoms with Crippen LogP contribution in [0.2, 0.25) is 0 Å². The first kappa shape index (κ1) is 27.6. The number of unbranched alkanes of at least 4 members (excludes halogenated alkanes) is 1. The van der Waals surface area contributed by atoms with Gasteiger partial charge in [0.2, 0.25) is 0 Å². The molecule has 0 unspecified atom stereocenters. The minimum atomic E-state index is -0.663. The van der Waals surface area contributed by atoms with Crippen molar-refractivity contribution in [3.8, 4) is 0 Å². The van der Waals surface area contributed by atoms with Crippen LogP contribution in [0.5, 0.6) is 0 Å². The Balaban J connectivity index is 1.88. The van der Waals surface area contributed by atoms with Crippen LogP contribution in [0.1, 0.15) is 51.8 Å². The second-order valence-corrected chi connectivity index (χ2v) is 9.82. The van der Waals surface area contributed by atoms with E-state index in [1.165, 1.54) is 4.90 Å². The second kappa shape index (κ2) is 11.9. The predicted molar refractivity (Wildman–Crippen MR) is 143 cm³/mol. The Morgan fingerprint density at radius 3 is 2.54 bits per heavy atom. The van der Waals surface area contributed by atoms with Crippen LogP contribution in [-0.2, 0) is 11.2 Å². The highest BCUT2D eigenvalue weighted by atomic mass is 16.6. The largest absolute Gasteiger partial charge is 0.444 e. The summed E-state index contributed by atoms with van der Waals surface area (Å²) >= 11 is 0. The minimum Gasteiger partial charge on any atom is -0.444 e. The van der Waals surface area contributed by atoms with Gasteiger partial charge in [-0.25, -0.2) is 19.3 Å². The first-order valence-corrected chi connectivity index (χ1v) is 12.4. The topological polar surface area (TPSA) is 118 Å². The fourth-order valence-electron chi connectivity index (χ4n) is 3.69. The van der Waals surface area contributed by atoms with Crippen molar-refractivity contribution in [3.05, 3.63) is 58.2 Å². The third kappa shape index (κ3) is 7.28. The Morgan fingerprint density at radius 1 is 1.14 bits per heavy atom. The van der Waals surface area contributed by atoms with Gasteiger partial charge in [-0.05, 0) is 63.9 Å². The van der Waals surface area contributed by atoms with Gasteiger partial charge >= 0.3 is 23.8 Å². The van der Waals surface area contributed by atoms with Crippen LogP contribution >= 0.6 is 0 Å². The molecule has 0 atom stereocenters. The number of amides is 3. The maximum atomic E-state index is 13.3. The molecular formula is C27H35N5O5. The lowest BCUT2D eigenvalue weighted by molar-refractivity contribution is 0.0635. The van der Waals surface area contributed by atoms with E-state index >= 15 is 0 Å². The zero-order valence-corrected chi connectivity index (χ0v) is 22.3. The molecular weight excluding hydrogens is 474 g/mol. The summed E-state index contributed by atoms with van der Waals surface area (Å²) in [6, 6.07) is 8.54. The van der Waals surface area contributed by atoms with Crippen molar-refractivity contribution in [2.75, 3.05) is 30.4 Å². The number of fused-ring (bicyclic) bond motifs is 1. The van der Waals surface area contributed by atoms with Gasteiger partial charge in [0.15, 0.2) is 0 Å². The lowest BCUT2D eigenvalue weighted by Gasteiger charge is -2.26. The summed E-state index contributed by atoms with van der Waals surface area (Å²) in [5.74, 6) is 0. The zero-order valence-electron chi connectivity index (χ0n) is 22.3. The van der Waals surface area contributed by atoms with Crippen LogP contribution in [0.25, 0.3) is 10.9 Å². The SMILES string of the molecule is CCCCN(C(=O)N(C)CCc1ccccn1)c1nc2ccc(NC(=O)OC(C)(C)C)c(C)c2c(=O)o1. The zero-order chi connectivity index (χ0) is 27.2. The molecule has 2 heterocycles. The molecule has 0 aliphatic heterocycles. The quantitative estimate of drug-likeness (QED) is 0.447. The van der Waals surface area contributed by atoms with Crippen molar-refractivity contribution in [1.29, 1.82) is 0 Å². The minimum absolute atomic E-state index is 0.0621. The Morgan fingerprint density at radius 2 is 1.89 bits per heavy atom. The van der Waals surface area contributed by atoms with Gasteiger partial charge in [0, 0.05) is 44.1 Å². The number of rotatable bonds is 8. The number of benzene rings is 1. The van der Waals surface area contributed by atoms with E-state index in [0.29, 0.717) is 42.7 Å². The van der Waals surface area contributed by atoms with E-state index in [4.69, 9.17) is 9.15 Å². The van der Waals surface area contributed by atoms with E-state index in [9.17, 15) is 14.4 Å². The lowest BCUT2D eigenvalue weighted by atomic mass is 10.1. The number of likely N-dealkylation sites (N-methyl/N-ethyl adjacent to an activating group) is 1. The number of carbonyl (C=O) groups is 2. The lowest BCUT2D eigenvalue weighted by Crippen LogP contribution is -2.43. The van der Waals surface area contributed by atoms with Crippen molar-refractivity contribution in [3.63, 3.8) is 0 Å². The van der Waals surface area contributed by atoms with Crippen LogP contribution in [0.3, 0.4) is 0 Å². The van der Waals surface area contributed by atoms with Gasteiger partial charge in [0.25, 0.3) is 0 Å². The van der Waals surface area contributed by atoms with Gasteiger partial charge in [-0.2, -0.15) is 4.98 Å². The fraction of sp³-hybridized carbons (Fsp3) is 0.444. The van der Waals surface area contributed by atoms with Gasteiger partial charge in [-0.3, -0.25) is 10.3 Å². The standard InChI is InChI=1S/C27H35N5O5/c1-7-8-16-32(26(35)31(6)17-14-19-11-9-10-15-28-19)24-29-21-13-12-20(18(2)22(21)23(33)36-24)30-25(34)37-27(3,4)5/h9-13,15H,7-8,14,16-17H2,1-6H3,(H,30,34). The number of carbonyl (C=O) groups excluding carboxylic acids is 2. The molecule has 2 aromatic heterocycles. The Kier molecular flexibility index (Phi) is 8.86. The summed E-state index contributed by atoms with van der Waals surface area (Å²) < 4.78 is 10.9. The molecule has 0 saturated carbocycles. The van der Waals surface area contributed by atoms with E-state index in [1.54, 1.807) is 58.0 Å². The third-order valence-corrected chi connectivity index (χ3v) is 5.64. The van der Waals surface area contributed by atoms with Gasteiger partial charge in [0.1, 0.15) is 5.60 Å². The highest BCUT2D eigenvalue weighted by molar-refractivity contribution is 5.94. The Bertz CT molecular complexity index is 1300. The molecule has 3 amide bonds. The number of ether oxygens (including phenoxy) is 1. The molecule has 0 fully saturated rings. The number of hydrogen-bond acceptors (Lipinski definition) is 7. The first-order chi connectivity index (χ1) is 17.5. The molecule has 198 valence electrons. The molecule has 37 heavy (non-hydrogen) atoms. The molecule has 0 spiro atoms. The average Bonchev–Trinajstić information content (AvgIpc) is 2.83. The summed E-state index contributed by atoms with van der Waals surface area (Å²) in [7, 11) is 1.70. The summed E-state index contributed by atoms with van der Waals surface area (Å²) in [5.41, 5.74) is 0.847. The first-order valence-electron chi connectivity index (χ1n) is 12.4. The monoisotopic (exact) mass is 509 g/mol. The van der Waals surface area contributed by atoms with Crippen molar-refractivity contribution in [1.82, 2.24) is 14.9 Å². The van der Waals surface area contributed by atoms with Gasteiger partial charge in [-0.15, -0.1) is 0 Å². The number of aryl methyl sites for hydroxylation is 1. The fourth-order valence-corrected chi connectivity index (χ4v) is 3.69. The van der Waals surface area contributed by atoms with Crippen LogP contribution in [-0.4, -0.2) is 52.7 Å². The van der Waals surface area contributed by atoms with Crippen LogP contribution in [0, 0.1) is 6.92 Å². The van der Waals surface area contributed by atoms with E-state index in [0.717, 1.165) is 12.1 Å². The number of anilines is 2. The molecule has 0 aliphatic carbocycles. The smallest absolute Gasteiger partial charge is 0.412 e. The van der Waals surface area contributed by atoms with E-state index in [1.807, 2.05) is 25.1 Å². The summed E-state index contributed by atoms with van der Waals surface area (Å²) in [5, 5.41) is 2.89. The average molecular weight is 510 g/mol. The molecule has 0 bridgehead atoms. The van der Waals surface area contributed by atoms with Crippen LogP contribution < -0.4 is 15.8 Å². The molecule has 10 heteroatoms. The van der Waals surface area contributed by atoms with Gasteiger partial charge < -0.3 is 14.1 Å². The number of nitrogens with zero attached hydrogens (tertiary/aromatic N) is 4. The van der Waals surface area contributed by atoms with Crippen molar-refractivity contribution in [2.24, 2.45) is 0 Å². The van der Waals surface area contributed by atoms with Crippen LogP contribution in [0.4, 0.5) is 21.3 Å². The predicted octanol–water partition coefficient (Wildman–Crippen LogP) is 5.14. The molecule has 1 aromatic carbocycles. The molecule has 3 rings (SSSR count). The van der Waals surface area contributed by atoms with Crippen molar-refractivity contribution >= 4 is 34.7 Å². The molecule has 3 aromatic rings. The maximum Gasteiger partial charge on any atom is 0.412 e. The number of urea groups is 1. The number of pyridine rings is 1. The molecule has 0 saturated heterocycles. The normalized spacial score (nSPS) is 11.3. The maximum absolute atomic E-state index is 13.3. The molecule has 0 radical (unpaired) electrons. The number of nitrogens with one attached hydrogen (secondary N) is 1. The number of aromatic nitrogens is 2. The van der Waals surface area contributed by atoms with Crippen LogP contribution in [0.15, 0.2) is 45.7 Å². The van der Waals surface area contributed by atoms with E-state index < -0.39 is 17.3 Å². The summed E-state index contributed by atoms with van der Waals surface area (Å²) in [4.78, 5) is 50.4. The van der Waals surface area contributed by atoms with E-state index in [2.05, 4.69) is 15.3 Å². The second-order valence-electron chi connectivity index (χ2n) is 9.82. The molecule has 10 nitrogen and oxygen atoms in total. The third-order valence-electron chi connectivity index (χ3n) is 5.64. The van der Waals surface area contributed by atoms with Crippen molar-refractivity contribution < 1.29 is 18.7 Å². The van der Waals surface area contributed by atoms with Gasteiger partial charge in [-0.1, -0.05) is 19.4 Å². The molecule has 1 N–H and O–H groups in total. The van der Waals surface area contributed by atoms with Crippen molar-refractivity contribution in [2.45, 2.75) is 59.5 Å². The highest BCUT2D eigenvalue weighted by Gasteiger charge is 2.25. The number of hydrogen-bond donors (Lipinski definition) is 1. The Hall–Kier alpha value is -3.95. The summed E-state index contributed by atoms with van der Waals surface area (Å²) in [6.45, 7) is 9.79. The van der Waals surface area contributed by atoms with Gasteiger partial charge in [0.05, 0.1) is 10.9 Å². The Labute approximate surface area is 216 Å². The van der Waals surface area contributed by atoms with E-state index in [-0.39, 0.29) is 17.4 Å². The summed E-state index contributed by atoms with van der Waals surface area (Å²) in [6.07, 6.45) is 3.23. The molecule has 0 aliphatic rings. The highest BCUT2D eigenvalue weighted by Crippen LogP contribution is 2.25.